The molecule has 0 radical (unpaired) electrons. The molecule has 102 valence electrons. The van der Waals surface area contributed by atoms with E-state index in [2.05, 4.69) is 16.0 Å². The molecular weight excluding hydrogens is 249 g/mol. The van der Waals surface area contributed by atoms with Gasteiger partial charge in [-0.05, 0) is 31.5 Å². The molecule has 3 N–H and O–H groups in total. The van der Waals surface area contributed by atoms with Crippen LogP contribution in [0.1, 0.15) is 19.8 Å². The Labute approximate surface area is 110 Å². The van der Waals surface area contributed by atoms with Gasteiger partial charge in [0.05, 0.1) is 5.69 Å². The Morgan fingerprint density at radius 1 is 1.42 bits per heavy atom. The van der Waals surface area contributed by atoms with E-state index in [1.165, 1.54) is 6.07 Å². The second kappa shape index (κ2) is 5.69. The fourth-order valence-corrected chi connectivity index (χ4v) is 1.97. The van der Waals surface area contributed by atoms with Crippen molar-refractivity contribution < 1.29 is 14.0 Å². The molecule has 0 bridgehead atoms. The minimum Gasteiger partial charge on any atom is -0.383 e. The van der Waals surface area contributed by atoms with Crippen LogP contribution in [0.4, 0.5) is 15.8 Å². The molecule has 1 aliphatic rings. The summed E-state index contributed by atoms with van der Waals surface area (Å²) in [4.78, 5) is 22.6. The maximum absolute atomic E-state index is 13.7. The molecule has 1 fully saturated rings. The van der Waals surface area contributed by atoms with E-state index in [0.717, 1.165) is 0 Å². The Bertz CT molecular complexity index is 505. The first-order chi connectivity index (χ1) is 9.10. The predicted octanol–water partition coefficient (Wildman–Crippen LogP) is 1.47. The number of carbonyl (C=O) groups excluding carboxylic acids is 2. The highest BCUT2D eigenvalue weighted by Gasteiger charge is 2.26. The monoisotopic (exact) mass is 265 g/mol. The third-order valence-electron chi connectivity index (χ3n) is 2.92. The zero-order valence-corrected chi connectivity index (χ0v) is 10.6. The number of imide groups is 1. The second-order valence-corrected chi connectivity index (χ2v) is 4.37. The molecule has 6 heteroatoms. The lowest BCUT2D eigenvalue weighted by molar-refractivity contribution is -0.133. The molecule has 0 saturated carbocycles. The Morgan fingerprint density at radius 2 is 2.21 bits per heavy atom. The summed E-state index contributed by atoms with van der Waals surface area (Å²) in [6, 6.07) is 4.15. The number of piperidine rings is 1. The van der Waals surface area contributed by atoms with Crippen molar-refractivity contribution in [2.45, 2.75) is 25.8 Å². The van der Waals surface area contributed by atoms with Gasteiger partial charge in [0.1, 0.15) is 11.9 Å². The number of hydrogen-bond acceptors (Lipinski definition) is 4. The standard InChI is InChI=1S/C13H16FN3O2/c1-2-15-10-4-3-8(7-9(10)14)16-11-5-6-12(18)17-13(11)19/h3-4,7,11,15-16H,2,5-6H2,1H3,(H,17,18,19)/t11-/m1/s1. The molecule has 1 atom stereocenters. The SMILES string of the molecule is CCNc1ccc(N[C@@H]2CCC(=O)NC2=O)cc1F. The Balaban J connectivity index is 2.05. The highest BCUT2D eigenvalue weighted by atomic mass is 19.1. The molecule has 2 amide bonds. The van der Waals surface area contributed by atoms with E-state index >= 15 is 0 Å². The zero-order valence-electron chi connectivity index (χ0n) is 10.6. The molecule has 0 unspecified atom stereocenters. The Morgan fingerprint density at radius 3 is 2.84 bits per heavy atom. The Kier molecular flexibility index (Phi) is 3.99. The van der Waals surface area contributed by atoms with Gasteiger partial charge in [-0.1, -0.05) is 0 Å². The van der Waals surface area contributed by atoms with Crippen LogP contribution >= 0.6 is 0 Å². The van der Waals surface area contributed by atoms with Crippen molar-refractivity contribution in [1.82, 2.24) is 5.32 Å². The lowest BCUT2D eigenvalue weighted by atomic mass is 10.1. The Hall–Kier alpha value is -2.11. The van der Waals surface area contributed by atoms with E-state index in [4.69, 9.17) is 0 Å². The molecule has 0 aromatic heterocycles. The van der Waals surface area contributed by atoms with Crippen molar-refractivity contribution >= 4 is 23.2 Å². The number of benzene rings is 1. The summed E-state index contributed by atoms with van der Waals surface area (Å²) in [6.45, 7) is 2.52. The topological polar surface area (TPSA) is 70.2 Å². The van der Waals surface area contributed by atoms with Gasteiger partial charge in [0.2, 0.25) is 11.8 Å². The number of nitrogens with one attached hydrogen (secondary N) is 3. The fourth-order valence-electron chi connectivity index (χ4n) is 1.97. The predicted molar refractivity (Wildman–Crippen MR) is 70.4 cm³/mol. The van der Waals surface area contributed by atoms with E-state index in [1.807, 2.05) is 6.92 Å². The number of rotatable bonds is 4. The normalized spacial score (nSPS) is 18.9. The fraction of sp³-hybridized carbons (Fsp3) is 0.385. The van der Waals surface area contributed by atoms with Gasteiger partial charge in [-0.15, -0.1) is 0 Å². The van der Waals surface area contributed by atoms with Gasteiger partial charge >= 0.3 is 0 Å². The van der Waals surface area contributed by atoms with Gasteiger partial charge in [-0.2, -0.15) is 0 Å². The highest BCUT2D eigenvalue weighted by molar-refractivity contribution is 6.01. The molecule has 1 aromatic rings. The summed E-state index contributed by atoms with van der Waals surface area (Å²) in [7, 11) is 0. The average Bonchev–Trinajstić information content (AvgIpc) is 2.36. The molecule has 1 aliphatic heterocycles. The lowest BCUT2D eigenvalue weighted by Crippen LogP contribution is -2.47. The molecular formula is C13H16FN3O2. The first kappa shape index (κ1) is 13.3. The van der Waals surface area contributed by atoms with E-state index in [0.29, 0.717) is 30.8 Å². The number of carbonyl (C=O) groups is 2. The van der Waals surface area contributed by atoms with Crippen LogP contribution < -0.4 is 16.0 Å². The van der Waals surface area contributed by atoms with Crippen LogP contribution in [0.15, 0.2) is 18.2 Å². The zero-order chi connectivity index (χ0) is 13.8. The molecule has 0 spiro atoms. The van der Waals surface area contributed by atoms with E-state index in [-0.39, 0.29) is 17.6 Å². The largest absolute Gasteiger partial charge is 0.383 e. The van der Waals surface area contributed by atoms with Crippen LogP contribution in [0.3, 0.4) is 0 Å². The van der Waals surface area contributed by atoms with Crippen molar-refractivity contribution in [3.05, 3.63) is 24.0 Å². The van der Waals surface area contributed by atoms with Crippen molar-refractivity contribution in [2.24, 2.45) is 0 Å². The van der Waals surface area contributed by atoms with Crippen molar-refractivity contribution in [1.29, 1.82) is 0 Å². The number of anilines is 2. The quantitative estimate of drug-likeness (QED) is 0.721. The minimum atomic E-state index is -0.498. The van der Waals surface area contributed by atoms with Gasteiger partial charge < -0.3 is 10.6 Å². The van der Waals surface area contributed by atoms with Crippen LogP contribution in [0.5, 0.6) is 0 Å². The van der Waals surface area contributed by atoms with Gasteiger partial charge in [0, 0.05) is 18.7 Å². The minimum absolute atomic E-state index is 0.267. The lowest BCUT2D eigenvalue weighted by Gasteiger charge is -2.23. The molecule has 5 nitrogen and oxygen atoms in total. The third-order valence-corrected chi connectivity index (χ3v) is 2.92. The highest BCUT2D eigenvalue weighted by Crippen LogP contribution is 2.20. The maximum atomic E-state index is 13.7. The molecule has 0 aliphatic carbocycles. The van der Waals surface area contributed by atoms with Gasteiger partial charge in [-0.25, -0.2) is 4.39 Å². The van der Waals surface area contributed by atoms with Crippen molar-refractivity contribution in [2.75, 3.05) is 17.2 Å². The smallest absolute Gasteiger partial charge is 0.249 e. The third kappa shape index (κ3) is 3.21. The van der Waals surface area contributed by atoms with Crippen molar-refractivity contribution in [3.8, 4) is 0 Å². The number of hydrogen-bond donors (Lipinski definition) is 3. The van der Waals surface area contributed by atoms with Crippen LogP contribution in [-0.4, -0.2) is 24.4 Å². The molecule has 1 heterocycles. The van der Waals surface area contributed by atoms with Crippen molar-refractivity contribution in [3.63, 3.8) is 0 Å². The molecule has 19 heavy (non-hydrogen) atoms. The molecule has 1 saturated heterocycles. The summed E-state index contributed by atoms with van der Waals surface area (Å²) in [5.74, 6) is -1.01. The summed E-state index contributed by atoms with van der Waals surface area (Å²) in [5.41, 5.74) is 0.949. The summed E-state index contributed by atoms with van der Waals surface area (Å²) in [5, 5.41) is 8.07. The van der Waals surface area contributed by atoms with Gasteiger partial charge in [0.15, 0.2) is 0 Å². The first-order valence-corrected chi connectivity index (χ1v) is 6.24. The van der Waals surface area contributed by atoms with E-state index in [1.54, 1.807) is 12.1 Å². The molecule has 2 rings (SSSR count). The number of halogens is 1. The molecule has 1 aromatic carbocycles. The number of amides is 2. The summed E-state index contributed by atoms with van der Waals surface area (Å²) >= 11 is 0. The van der Waals surface area contributed by atoms with Gasteiger partial charge in [0.25, 0.3) is 0 Å². The van der Waals surface area contributed by atoms with Crippen LogP contribution in [0, 0.1) is 5.82 Å². The summed E-state index contributed by atoms with van der Waals surface area (Å²) < 4.78 is 13.7. The second-order valence-electron chi connectivity index (χ2n) is 4.37. The van der Waals surface area contributed by atoms with E-state index < -0.39 is 6.04 Å². The van der Waals surface area contributed by atoms with Crippen LogP contribution in [0.25, 0.3) is 0 Å². The van der Waals surface area contributed by atoms with Gasteiger partial charge in [-0.3, -0.25) is 14.9 Å². The van der Waals surface area contributed by atoms with Crippen LogP contribution in [-0.2, 0) is 9.59 Å². The average molecular weight is 265 g/mol. The summed E-state index contributed by atoms with van der Waals surface area (Å²) in [6.07, 6.45) is 0.711. The van der Waals surface area contributed by atoms with E-state index in [9.17, 15) is 14.0 Å². The van der Waals surface area contributed by atoms with Crippen LogP contribution in [0.2, 0.25) is 0 Å². The first-order valence-electron chi connectivity index (χ1n) is 6.24. The maximum Gasteiger partial charge on any atom is 0.249 e.